The van der Waals surface area contributed by atoms with Crippen LogP contribution in [-0.4, -0.2) is 29.1 Å². The van der Waals surface area contributed by atoms with Gasteiger partial charge in [-0.05, 0) is 159 Å². The van der Waals surface area contributed by atoms with Gasteiger partial charge in [-0.15, -0.1) is 0 Å². The van der Waals surface area contributed by atoms with E-state index >= 15 is 0 Å². The molecular formula is C45H36O10. The fourth-order valence-corrected chi connectivity index (χ4v) is 4.83. The van der Waals surface area contributed by atoms with Gasteiger partial charge in [0.1, 0.15) is 51.7 Å². The molecule has 0 atom stereocenters. The Balaban J connectivity index is 0.000000212. The van der Waals surface area contributed by atoms with Crippen molar-refractivity contribution in [1.29, 1.82) is 0 Å². The van der Waals surface area contributed by atoms with Crippen molar-refractivity contribution in [3.05, 3.63) is 162 Å². The molecular weight excluding hydrogens is 700 g/mol. The number of Topliss-reactive ketones (excluding diaryl/α,β-unsaturated/α-hetero) is 4. The fraction of sp³-hybridized carbons (Fsp3) is 0.0889. The number of hydrogen-bond acceptors (Lipinski definition) is 10. The molecule has 55 heavy (non-hydrogen) atoms. The summed E-state index contributed by atoms with van der Waals surface area (Å²) in [6.45, 7) is 5.64. The first kappa shape index (κ1) is 38.9. The molecule has 6 rings (SSSR count). The van der Waals surface area contributed by atoms with Crippen LogP contribution in [0.3, 0.4) is 0 Å². The summed E-state index contributed by atoms with van der Waals surface area (Å²) in [5.74, 6) is 4.07. The number of carbonyl (C=O) groups is 5. The third kappa shape index (κ3) is 11.8. The molecule has 0 N–H and O–H groups in total. The predicted molar refractivity (Wildman–Crippen MR) is 205 cm³/mol. The second-order valence-corrected chi connectivity index (χ2v) is 12.0. The molecule has 0 aliphatic heterocycles. The molecule has 6 aromatic carbocycles. The lowest BCUT2D eigenvalue weighted by Gasteiger charge is -2.09. The molecule has 0 aliphatic rings. The van der Waals surface area contributed by atoms with E-state index in [9.17, 15) is 24.0 Å². The highest BCUT2D eigenvalue weighted by atomic mass is 16.5. The normalized spacial score (nSPS) is 10.2. The van der Waals surface area contributed by atoms with Crippen LogP contribution < -0.4 is 23.7 Å². The average Bonchev–Trinajstić information content (AvgIpc) is 3.17. The Morgan fingerprint density at radius 3 is 0.745 bits per heavy atom. The van der Waals surface area contributed by atoms with E-state index in [1.807, 2.05) is 0 Å². The molecule has 0 saturated carbocycles. The largest absolute Gasteiger partial charge is 0.457 e. The molecule has 10 heteroatoms. The Morgan fingerprint density at radius 2 is 0.527 bits per heavy atom. The summed E-state index contributed by atoms with van der Waals surface area (Å²) in [5, 5.41) is 0. The molecule has 0 heterocycles. The van der Waals surface area contributed by atoms with E-state index in [1.165, 1.54) is 27.7 Å². The van der Waals surface area contributed by atoms with E-state index in [-0.39, 0.29) is 17.5 Å². The fourth-order valence-electron chi connectivity index (χ4n) is 4.83. The van der Waals surface area contributed by atoms with Gasteiger partial charge in [0.15, 0.2) is 17.3 Å². The maximum Gasteiger partial charge on any atom is 0.308 e. The first-order valence-electron chi connectivity index (χ1n) is 17.0. The lowest BCUT2D eigenvalue weighted by Crippen LogP contribution is -2.09. The van der Waals surface area contributed by atoms with E-state index in [4.69, 9.17) is 23.7 Å². The van der Waals surface area contributed by atoms with Crippen molar-refractivity contribution in [1.82, 2.24) is 0 Å². The summed E-state index contributed by atoms with van der Waals surface area (Å²) >= 11 is 0. The van der Waals surface area contributed by atoms with Gasteiger partial charge in [-0.1, -0.05) is 0 Å². The first-order chi connectivity index (χ1) is 26.4. The van der Waals surface area contributed by atoms with Gasteiger partial charge in [-0.3, -0.25) is 24.0 Å². The lowest BCUT2D eigenvalue weighted by atomic mass is 10.1. The zero-order chi connectivity index (χ0) is 39.3. The van der Waals surface area contributed by atoms with Crippen LogP contribution in [0.5, 0.6) is 51.7 Å². The number of esters is 1. The van der Waals surface area contributed by atoms with Gasteiger partial charge >= 0.3 is 5.97 Å². The average molecular weight is 737 g/mol. The van der Waals surface area contributed by atoms with Crippen LogP contribution in [0.25, 0.3) is 0 Å². The van der Waals surface area contributed by atoms with Crippen LogP contribution in [0.4, 0.5) is 0 Å². The SMILES string of the molecule is CC(=O)Oc1ccc(Oc2ccc(Oc3ccc(C(=O)C(C)=O)cc3)cc2)cc1.CC(=O)c1ccc(Oc2ccc(Oc3ccc(C(C)=O)cc3)cc2)cc1. The molecule has 0 aromatic heterocycles. The third-order valence-electron chi connectivity index (χ3n) is 7.63. The zero-order valence-electron chi connectivity index (χ0n) is 30.4. The molecule has 0 aliphatic carbocycles. The van der Waals surface area contributed by atoms with Crippen LogP contribution in [0.1, 0.15) is 58.8 Å². The summed E-state index contributed by atoms with van der Waals surface area (Å²) in [6, 6.07) is 41.3. The van der Waals surface area contributed by atoms with Gasteiger partial charge < -0.3 is 23.7 Å². The topological polar surface area (TPSA) is 132 Å². The molecule has 0 radical (unpaired) electrons. The first-order valence-corrected chi connectivity index (χ1v) is 17.0. The molecule has 276 valence electrons. The number of hydrogen-bond donors (Lipinski definition) is 0. The lowest BCUT2D eigenvalue weighted by molar-refractivity contribution is -0.131. The van der Waals surface area contributed by atoms with Crippen LogP contribution in [-0.2, 0) is 9.59 Å². The van der Waals surface area contributed by atoms with E-state index < -0.39 is 11.6 Å². The van der Waals surface area contributed by atoms with Crippen LogP contribution in [0, 0.1) is 0 Å². The van der Waals surface area contributed by atoms with Crippen LogP contribution in [0.2, 0.25) is 0 Å². The van der Waals surface area contributed by atoms with E-state index in [0.717, 1.165) is 0 Å². The molecule has 6 aromatic rings. The molecule has 0 amide bonds. The Kier molecular flexibility index (Phi) is 13.0. The van der Waals surface area contributed by atoms with Gasteiger partial charge in [-0.25, -0.2) is 0 Å². The Hall–Kier alpha value is -7.33. The van der Waals surface area contributed by atoms with Gasteiger partial charge in [-0.2, -0.15) is 0 Å². The second-order valence-electron chi connectivity index (χ2n) is 12.0. The van der Waals surface area contributed by atoms with E-state index in [2.05, 4.69) is 0 Å². The minimum atomic E-state index is -0.529. The smallest absolute Gasteiger partial charge is 0.308 e. The molecule has 10 nitrogen and oxygen atoms in total. The summed E-state index contributed by atoms with van der Waals surface area (Å²) < 4.78 is 28.0. The highest BCUT2D eigenvalue weighted by Gasteiger charge is 2.11. The highest BCUT2D eigenvalue weighted by molar-refractivity contribution is 6.42. The van der Waals surface area contributed by atoms with Crippen LogP contribution >= 0.6 is 0 Å². The molecule has 0 saturated heterocycles. The molecule has 0 fully saturated rings. The number of benzene rings is 6. The number of ketones is 4. The maximum absolute atomic E-state index is 11.6. The zero-order valence-corrected chi connectivity index (χ0v) is 30.4. The van der Waals surface area contributed by atoms with Gasteiger partial charge in [0.2, 0.25) is 5.78 Å². The summed E-state index contributed by atoms with van der Waals surface area (Å²) in [7, 11) is 0. The van der Waals surface area contributed by atoms with Crippen molar-refractivity contribution in [3.63, 3.8) is 0 Å². The minimum absolute atomic E-state index is 0.0226. The van der Waals surface area contributed by atoms with E-state index in [0.29, 0.717) is 68.4 Å². The summed E-state index contributed by atoms with van der Waals surface area (Å²) in [4.78, 5) is 56.3. The van der Waals surface area contributed by atoms with Crippen molar-refractivity contribution in [2.45, 2.75) is 27.7 Å². The molecule has 0 unspecified atom stereocenters. The van der Waals surface area contributed by atoms with E-state index in [1.54, 1.807) is 146 Å². The quantitative estimate of drug-likeness (QED) is 0.0488. The molecule has 0 spiro atoms. The monoisotopic (exact) mass is 736 g/mol. The van der Waals surface area contributed by atoms with Gasteiger partial charge in [0, 0.05) is 30.5 Å². The Labute approximate surface area is 317 Å². The van der Waals surface area contributed by atoms with Gasteiger partial charge in [0.05, 0.1) is 0 Å². The summed E-state index contributed by atoms with van der Waals surface area (Å²) in [6.07, 6.45) is 0. The minimum Gasteiger partial charge on any atom is -0.457 e. The Morgan fingerprint density at radius 1 is 0.309 bits per heavy atom. The third-order valence-corrected chi connectivity index (χ3v) is 7.63. The van der Waals surface area contributed by atoms with Crippen LogP contribution in [0.15, 0.2) is 146 Å². The molecule has 0 bridgehead atoms. The van der Waals surface area contributed by atoms with Crippen molar-refractivity contribution < 1.29 is 47.7 Å². The van der Waals surface area contributed by atoms with Crippen molar-refractivity contribution >= 4 is 29.1 Å². The second kappa shape index (κ2) is 18.4. The summed E-state index contributed by atoms with van der Waals surface area (Å²) in [5.41, 5.74) is 1.63. The van der Waals surface area contributed by atoms with Crippen molar-refractivity contribution in [2.24, 2.45) is 0 Å². The standard InChI is InChI=1S/C23H18O6.C22H18O4/c1-15(24)23(26)17-3-5-19(6-4-17)28-21-11-13-22(14-12-21)29-20-9-7-18(8-10-20)27-16(2)25;1-15(23)17-3-7-19(8-4-17)25-21-11-13-22(14-12-21)26-20-9-5-18(6-10-20)16(2)24/h3-14H,1-2H3;3-14H,1-2H3. The Bertz CT molecular complexity index is 2180. The maximum atomic E-state index is 11.6. The van der Waals surface area contributed by atoms with Crippen molar-refractivity contribution in [3.8, 4) is 51.7 Å². The highest BCUT2D eigenvalue weighted by Crippen LogP contribution is 2.29. The number of rotatable bonds is 13. The number of ether oxygens (including phenoxy) is 5. The number of carbonyl (C=O) groups excluding carboxylic acids is 5. The van der Waals surface area contributed by atoms with Gasteiger partial charge in [0.25, 0.3) is 0 Å². The predicted octanol–water partition coefficient (Wildman–Crippen LogP) is 10.6. The van der Waals surface area contributed by atoms with Crippen molar-refractivity contribution in [2.75, 3.05) is 0 Å².